The molecule has 27 heavy (non-hydrogen) atoms. The Bertz CT molecular complexity index is 876. The fraction of sp³-hybridized carbons (Fsp3) is 0.217. The minimum absolute atomic E-state index is 0.132. The van der Waals surface area contributed by atoms with Crippen LogP contribution in [0.15, 0.2) is 77.9 Å². The summed E-state index contributed by atoms with van der Waals surface area (Å²) >= 11 is 0. The standard InChI is InChI=1S/C23H22O4/c1-3-7-20-19(22(27-23(20)25)17-8-5-4-6-9-17)14-15-21(24)16-10-12-18(26-2)13-11-16/h4-6,8-15,22H,3,7H2,1-2H3/b15-14+. The molecular formula is C23H22O4. The largest absolute Gasteiger partial charge is 0.497 e. The molecular weight excluding hydrogens is 340 g/mol. The number of carbonyl (C=O) groups excluding carboxylic acids is 2. The van der Waals surface area contributed by atoms with Gasteiger partial charge in [0.1, 0.15) is 5.75 Å². The summed E-state index contributed by atoms with van der Waals surface area (Å²) in [4.78, 5) is 24.8. The van der Waals surface area contributed by atoms with Gasteiger partial charge in [0.25, 0.3) is 0 Å². The van der Waals surface area contributed by atoms with Crippen molar-refractivity contribution < 1.29 is 19.1 Å². The number of carbonyl (C=O) groups is 2. The van der Waals surface area contributed by atoms with E-state index in [0.717, 1.165) is 17.6 Å². The first kappa shape index (κ1) is 18.6. The smallest absolute Gasteiger partial charge is 0.335 e. The average molecular weight is 362 g/mol. The van der Waals surface area contributed by atoms with E-state index in [1.165, 1.54) is 6.08 Å². The number of hydrogen-bond acceptors (Lipinski definition) is 4. The van der Waals surface area contributed by atoms with E-state index >= 15 is 0 Å². The van der Waals surface area contributed by atoms with Crippen LogP contribution in [-0.4, -0.2) is 18.9 Å². The van der Waals surface area contributed by atoms with E-state index in [-0.39, 0.29) is 11.8 Å². The number of esters is 1. The van der Waals surface area contributed by atoms with Gasteiger partial charge in [-0.3, -0.25) is 4.79 Å². The zero-order chi connectivity index (χ0) is 19.2. The Balaban J connectivity index is 1.90. The lowest BCUT2D eigenvalue weighted by Crippen LogP contribution is -2.03. The molecule has 0 saturated heterocycles. The SMILES string of the molecule is CCCC1=C(/C=C/C(=O)c2ccc(OC)cc2)C(c2ccccc2)OC1=O. The first-order valence-corrected chi connectivity index (χ1v) is 8.99. The van der Waals surface area contributed by atoms with Gasteiger partial charge in [-0.2, -0.15) is 0 Å². The third kappa shape index (κ3) is 4.17. The van der Waals surface area contributed by atoms with Gasteiger partial charge in [0.05, 0.1) is 7.11 Å². The second-order valence-corrected chi connectivity index (χ2v) is 6.31. The molecule has 1 heterocycles. The van der Waals surface area contributed by atoms with Crippen molar-refractivity contribution in [2.24, 2.45) is 0 Å². The van der Waals surface area contributed by atoms with E-state index in [4.69, 9.17) is 9.47 Å². The highest BCUT2D eigenvalue weighted by atomic mass is 16.5. The van der Waals surface area contributed by atoms with Gasteiger partial charge >= 0.3 is 5.97 Å². The Morgan fingerprint density at radius 1 is 1.11 bits per heavy atom. The van der Waals surface area contributed by atoms with Gasteiger partial charge in [-0.25, -0.2) is 4.79 Å². The molecule has 0 bridgehead atoms. The lowest BCUT2D eigenvalue weighted by molar-refractivity contribution is -0.140. The number of ether oxygens (including phenoxy) is 2. The van der Waals surface area contributed by atoms with Gasteiger partial charge in [0.2, 0.25) is 0 Å². The van der Waals surface area contributed by atoms with Crippen molar-refractivity contribution in [2.75, 3.05) is 7.11 Å². The molecule has 2 aromatic carbocycles. The molecule has 2 aromatic rings. The fourth-order valence-electron chi connectivity index (χ4n) is 3.09. The van der Waals surface area contributed by atoms with Crippen LogP contribution in [0.2, 0.25) is 0 Å². The predicted molar refractivity (Wildman–Crippen MR) is 104 cm³/mol. The summed E-state index contributed by atoms with van der Waals surface area (Å²) in [5, 5.41) is 0. The second-order valence-electron chi connectivity index (χ2n) is 6.31. The van der Waals surface area contributed by atoms with Crippen molar-refractivity contribution in [3.05, 3.63) is 89.0 Å². The zero-order valence-electron chi connectivity index (χ0n) is 15.5. The van der Waals surface area contributed by atoms with Gasteiger partial charge in [-0.1, -0.05) is 49.8 Å². The van der Waals surface area contributed by atoms with Crippen molar-refractivity contribution in [1.29, 1.82) is 0 Å². The highest BCUT2D eigenvalue weighted by Gasteiger charge is 2.32. The molecule has 3 rings (SSSR count). The molecule has 0 radical (unpaired) electrons. The quantitative estimate of drug-likeness (QED) is 0.402. The predicted octanol–water partition coefficient (Wildman–Crippen LogP) is 4.83. The molecule has 4 heteroatoms. The Morgan fingerprint density at radius 3 is 2.44 bits per heavy atom. The van der Waals surface area contributed by atoms with Crippen LogP contribution < -0.4 is 4.74 Å². The van der Waals surface area contributed by atoms with Crippen molar-refractivity contribution in [2.45, 2.75) is 25.9 Å². The number of hydrogen-bond donors (Lipinski definition) is 0. The molecule has 0 aromatic heterocycles. The van der Waals surface area contributed by atoms with E-state index in [1.807, 2.05) is 37.3 Å². The molecule has 0 N–H and O–H groups in total. The maximum Gasteiger partial charge on any atom is 0.335 e. The number of rotatable bonds is 7. The third-order valence-electron chi connectivity index (χ3n) is 4.49. The van der Waals surface area contributed by atoms with Gasteiger partial charge in [0, 0.05) is 16.7 Å². The van der Waals surface area contributed by atoms with Crippen LogP contribution >= 0.6 is 0 Å². The Kier molecular flexibility index (Phi) is 5.87. The number of allylic oxidation sites excluding steroid dienone is 1. The summed E-state index contributed by atoms with van der Waals surface area (Å²) in [6.07, 6.45) is 4.21. The minimum atomic E-state index is -0.472. The minimum Gasteiger partial charge on any atom is -0.497 e. The van der Waals surface area contributed by atoms with Gasteiger partial charge in [-0.05, 0) is 42.3 Å². The molecule has 1 aliphatic heterocycles. The van der Waals surface area contributed by atoms with Crippen LogP contribution in [0.3, 0.4) is 0 Å². The van der Waals surface area contributed by atoms with E-state index in [1.54, 1.807) is 37.5 Å². The first-order chi connectivity index (χ1) is 13.1. The van der Waals surface area contributed by atoms with Crippen molar-refractivity contribution in [3.8, 4) is 5.75 Å². The summed E-state index contributed by atoms with van der Waals surface area (Å²) in [6, 6.07) is 16.5. The molecule has 1 atom stereocenters. The van der Waals surface area contributed by atoms with Crippen LogP contribution in [0, 0.1) is 0 Å². The normalized spacial score (nSPS) is 16.7. The highest BCUT2D eigenvalue weighted by molar-refractivity contribution is 6.05. The maximum atomic E-state index is 12.5. The fourth-order valence-corrected chi connectivity index (χ4v) is 3.09. The van der Waals surface area contributed by atoms with Gasteiger partial charge in [0.15, 0.2) is 11.9 Å². The van der Waals surface area contributed by atoms with E-state index in [9.17, 15) is 9.59 Å². The Hall–Kier alpha value is -3.14. The second kappa shape index (κ2) is 8.49. The third-order valence-corrected chi connectivity index (χ3v) is 4.49. The van der Waals surface area contributed by atoms with Crippen LogP contribution in [0.4, 0.5) is 0 Å². The highest BCUT2D eigenvalue weighted by Crippen LogP contribution is 2.37. The summed E-state index contributed by atoms with van der Waals surface area (Å²) in [7, 11) is 1.58. The summed E-state index contributed by atoms with van der Waals surface area (Å²) < 4.78 is 10.7. The van der Waals surface area contributed by atoms with Crippen molar-refractivity contribution in [1.82, 2.24) is 0 Å². The zero-order valence-corrected chi connectivity index (χ0v) is 15.5. The molecule has 0 fully saturated rings. The first-order valence-electron chi connectivity index (χ1n) is 8.99. The Morgan fingerprint density at radius 2 is 1.81 bits per heavy atom. The molecule has 0 spiro atoms. The number of methoxy groups -OCH3 is 1. The van der Waals surface area contributed by atoms with Crippen LogP contribution in [-0.2, 0) is 9.53 Å². The monoisotopic (exact) mass is 362 g/mol. The maximum absolute atomic E-state index is 12.5. The van der Waals surface area contributed by atoms with Crippen LogP contribution in [0.1, 0.15) is 41.8 Å². The molecule has 1 aliphatic rings. The van der Waals surface area contributed by atoms with Crippen LogP contribution in [0.25, 0.3) is 0 Å². The molecule has 0 amide bonds. The topological polar surface area (TPSA) is 52.6 Å². The number of benzene rings is 2. The lowest BCUT2D eigenvalue weighted by Gasteiger charge is -2.12. The molecule has 1 unspecified atom stereocenters. The van der Waals surface area contributed by atoms with Crippen LogP contribution in [0.5, 0.6) is 5.75 Å². The van der Waals surface area contributed by atoms with E-state index < -0.39 is 6.10 Å². The van der Waals surface area contributed by atoms with Crippen molar-refractivity contribution >= 4 is 11.8 Å². The molecule has 0 saturated carbocycles. The summed E-state index contributed by atoms with van der Waals surface area (Å²) in [5.74, 6) is 0.261. The van der Waals surface area contributed by atoms with Gasteiger partial charge in [-0.15, -0.1) is 0 Å². The van der Waals surface area contributed by atoms with Crippen molar-refractivity contribution in [3.63, 3.8) is 0 Å². The molecule has 0 aliphatic carbocycles. The van der Waals surface area contributed by atoms with E-state index in [2.05, 4.69) is 0 Å². The molecule has 138 valence electrons. The van der Waals surface area contributed by atoms with Gasteiger partial charge < -0.3 is 9.47 Å². The number of cyclic esters (lactones) is 1. The Labute approximate surface area is 159 Å². The van der Waals surface area contributed by atoms with E-state index in [0.29, 0.717) is 23.3 Å². The average Bonchev–Trinajstić information content (AvgIpc) is 3.03. The molecule has 4 nitrogen and oxygen atoms in total. The summed E-state index contributed by atoms with van der Waals surface area (Å²) in [5.41, 5.74) is 2.86. The lowest BCUT2D eigenvalue weighted by atomic mass is 9.96. The number of ketones is 1. The summed E-state index contributed by atoms with van der Waals surface area (Å²) in [6.45, 7) is 2.01.